The number of hydrazone groups is 1. The molecule has 0 radical (unpaired) electrons. The molecule has 0 aliphatic rings. The number of carbonyl (C=O) groups is 1. The minimum absolute atomic E-state index is 0.258. The second-order valence-electron chi connectivity index (χ2n) is 3.78. The maximum absolute atomic E-state index is 11.8. The summed E-state index contributed by atoms with van der Waals surface area (Å²) in [5.74, 6) is 0.486. The molecule has 5 nitrogen and oxygen atoms in total. The highest BCUT2D eigenvalue weighted by molar-refractivity contribution is 5.94. The SMILES string of the molecule is CCOc1ccc(C(=O)N/N=C\c2ccc[nH]2)cc1. The van der Waals surface area contributed by atoms with E-state index in [0.717, 1.165) is 11.4 Å². The summed E-state index contributed by atoms with van der Waals surface area (Å²) >= 11 is 0. The zero-order valence-electron chi connectivity index (χ0n) is 10.6. The zero-order valence-corrected chi connectivity index (χ0v) is 10.6. The number of H-pyrrole nitrogens is 1. The van der Waals surface area contributed by atoms with E-state index in [4.69, 9.17) is 4.74 Å². The van der Waals surface area contributed by atoms with Crippen molar-refractivity contribution in [2.45, 2.75) is 6.92 Å². The first-order valence-corrected chi connectivity index (χ1v) is 5.99. The summed E-state index contributed by atoms with van der Waals surface area (Å²) in [4.78, 5) is 14.7. The summed E-state index contributed by atoms with van der Waals surface area (Å²) in [6.45, 7) is 2.52. The average molecular weight is 257 g/mol. The van der Waals surface area contributed by atoms with E-state index in [-0.39, 0.29) is 5.91 Å². The van der Waals surface area contributed by atoms with Crippen molar-refractivity contribution in [3.8, 4) is 5.75 Å². The lowest BCUT2D eigenvalue weighted by Gasteiger charge is -2.03. The Morgan fingerprint density at radius 1 is 1.37 bits per heavy atom. The van der Waals surface area contributed by atoms with E-state index in [9.17, 15) is 4.79 Å². The second-order valence-corrected chi connectivity index (χ2v) is 3.78. The number of aromatic nitrogens is 1. The molecule has 1 aromatic carbocycles. The number of ether oxygens (including phenoxy) is 1. The largest absolute Gasteiger partial charge is 0.494 e. The number of hydrogen-bond acceptors (Lipinski definition) is 3. The van der Waals surface area contributed by atoms with Gasteiger partial charge in [-0.3, -0.25) is 4.79 Å². The van der Waals surface area contributed by atoms with E-state index in [1.54, 1.807) is 36.7 Å². The molecule has 98 valence electrons. The summed E-state index contributed by atoms with van der Waals surface area (Å²) in [5, 5.41) is 3.86. The van der Waals surface area contributed by atoms with Gasteiger partial charge in [0.2, 0.25) is 0 Å². The van der Waals surface area contributed by atoms with Crippen molar-refractivity contribution >= 4 is 12.1 Å². The highest BCUT2D eigenvalue weighted by atomic mass is 16.5. The van der Waals surface area contributed by atoms with Crippen molar-refractivity contribution in [1.29, 1.82) is 0 Å². The quantitative estimate of drug-likeness (QED) is 0.637. The maximum atomic E-state index is 11.8. The summed E-state index contributed by atoms with van der Waals surface area (Å²) in [7, 11) is 0. The van der Waals surface area contributed by atoms with Gasteiger partial charge in [0.25, 0.3) is 5.91 Å². The van der Waals surface area contributed by atoms with Crippen LogP contribution in [0.5, 0.6) is 5.75 Å². The molecule has 19 heavy (non-hydrogen) atoms. The third kappa shape index (κ3) is 3.70. The van der Waals surface area contributed by atoms with Crippen LogP contribution < -0.4 is 10.2 Å². The van der Waals surface area contributed by atoms with Gasteiger partial charge in [-0.15, -0.1) is 0 Å². The van der Waals surface area contributed by atoms with Gasteiger partial charge in [-0.05, 0) is 43.3 Å². The predicted octanol–water partition coefficient (Wildman–Crippen LogP) is 2.18. The molecular weight excluding hydrogens is 242 g/mol. The summed E-state index contributed by atoms with van der Waals surface area (Å²) in [6, 6.07) is 10.6. The molecule has 1 aromatic heterocycles. The Morgan fingerprint density at radius 3 is 2.79 bits per heavy atom. The average Bonchev–Trinajstić information content (AvgIpc) is 2.93. The van der Waals surface area contributed by atoms with Gasteiger partial charge in [-0.1, -0.05) is 0 Å². The molecule has 0 aliphatic heterocycles. The van der Waals surface area contributed by atoms with Gasteiger partial charge in [0, 0.05) is 11.8 Å². The third-order valence-electron chi connectivity index (χ3n) is 2.42. The molecule has 0 unspecified atom stereocenters. The van der Waals surface area contributed by atoms with Gasteiger partial charge in [-0.2, -0.15) is 5.10 Å². The molecule has 1 amide bonds. The predicted molar refractivity (Wildman–Crippen MR) is 73.5 cm³/mol. The highest BCUT2D eigenvalue weighted by Gasteiger charge is 2.03. The van der Waals surface area contributed by atoms with Crippen LogP contribution in [-0.4, -0.2) is 23.7 Å². The molecule has 2 N–H and O–H groups in total. The van der Waals surface area contributed by atoms with Gasteiger partial charge >= 0.3 is 0 Å². The third-order valence-corrected chi connectivity index (χ3v) is 2.42. The number of hydrogen-bond donors (Lipinski definition) is 2. The van der Waals surface area contributed by atoms with Crippen molar-refractivity contribution < 1.29 is 9.53 Å². The molecule has 5 heteroatoms. The first kappa shape index (κ1) is 12.9. The van der Waals surface area contributed by atoms with Crippen LogP contribution in [0.4, 0.5) is 0 Å². The van der Waals surface area contributed by atoms with E-state index in [2.05, 4.69) is 15.5 Å². The van der Waals surface area contributed by atoms with Crippen LogP contribution >= 0.6 is 0 Å². The molecule has 1 heterocycles. The van der Waals surface area contributed by atoms with E-state index >= 15 is 0 Å². The fourth-order valence-corrected chi connectivity index (χ4v) is 1.52. The Hall–Kier alpha value is -2.56. The lowest BCUT2D eigenvalue weighted by Crippen LogP contribution is -2.17. The van der Waals surface area contributed by atoms with Crippen LogP contribution in [0.2, 0.25) is 0 Å². The van der Waals surface area contributed by atoms with E-state index in [1.807, 2.05) is 19.1 Å². The van der Waals surface area contributed by atoms with Crippen LogP contribution in [0.25, 0.3) is 0 Å². The van der Waals surface area contributed by atoms with Gasteiger partial charge in [0.1, 0.15) is 5.75 Å². The van der Waals surface area contributed by atoms with E-state index in [1.165, 1.54) is 0 Å². The number of amides is 1. The van der Waals surface area contributed by atoms with E-state index in [0.29, 0.717) is 12.2 Å². The van der Waals surface area contributed by atoms with Crippen LogP contribution in [0.15, 0.2) is 47.7 Å². The molecule has 0 bridgehead atoms. The van der Waals surface area contributed by atoms with Gasteiger partial charge < -0.3 is 9.72 Å². The number of rotatable bonds is 5. The van der Waals surface area contributed by atoms with Crippen LogP contribution in [0.3, 0.4) is 0 Å². The maximum Gasteiger partial charge on any atom is 0.271 e. The Morgan fingerprint density at radius 2 is 2.16 bits per heavy atom. The standard InChI is InChI=1S/C14H15N3O2/c1-2-19-13-7-5-11(6-8-13)14(18)17-16-10-12-4-3-9-15-12/h3-10,15H,2H2,1H3,(H,17,18)/b16-10-. The topological polar surface area (TPSA) is 66.5 Å². The summed E-state index contributed by atoms with van der Waals surface area (Å²) in [6.07, 6.45) is 3.34. The molecule has 0 atom stereocenters. The Balaban J connectivity index is 1.92. The number of nitrogens with one attached hydrogen (secondary N) is 2. The minimum atomic E-state index is -0.258. The molecule has 0 spiro atoms. The molecule has 0 saturated carbocycles. The monoisotopic (exact) mass is 257 g/mol. The van der Waals surface area contributed by atoms with E-state index < -0.39 is 0 Å². The molecule has 0 aliphatic carbocycles. The molecule has 0 fully saturated rings. The number of benzene rings is 1. The van der Waals surface area contributed by atoms with Crippen LogP contribution in [-0.2, 0) is 0 Å². The lowest BCUT2D eigenvalue weighted by molar-refractivity contribution is 0.0955. The van der Waals surface area contributed by atoms with Crippen molar-refractivity contribution in [3.63, 3.8) is 0 Å². The fourth-order valence-electron chi connectivity index (χ4n) is 1.52. The van der Waals surface area contributed by atoms with Crippen molar-refractivity contribution in [2.75, 3.05) is 6.61 Å². The number of nitrogens with zero attached hydrogens (tertiary/aromatic N) is 1. The highest BCUT2D eigenvalue weighted by Crippen LogP contribution is 2.11. The Kier molecular flexibility index (Phi) is 4.34. The Bertz CT molecular complexity index is 545. The number of carbonyl (C=O) groups excluding carboxylic acids is 1. The van der Waals surface area contributed by atoms with Crippen LogP contribution in [0, 0.1) is 0 Å². The zero-order chi connectivity index (χ0) is 13.5. The number of aromatic amines is 1. The molecular formula is C14H15N3O2. The minimum Gasteiger partial charge on any atom is -0.494 e. The first-order chi connectivity index (χ1) is 9.29. The second kappa shape index (κ2) is 6.39. The van der Waals surface area contributed by atoms with Crippen molar-refractivity contribution in [1.82, 2.24) is 10.4 Å². The summed E-state index contributed by atoms with van der Waals surface area (Å²) < 4.78 is 5.31. The molecule has 2 aromatic rings. The van der Waals surface area contributed by atoms with Gasteiger partial charge in [0.15, 0.2) is 0 Å². The first-order valence-electron chi connectivity index (χ1n) is 5.99. The summed E-state index contributed by atoms with van der Waals surface area (Å²) in [5.41, 5.74) is 3.82. The molecule has 2 rings (SSSR count). The molecule has 0 saturated heterocycles. The van der Waals surface area contributed by atoms with Gasteiger partial charge in [0.05, 0.1) is 18.5 Å². The van der Waals surface area contributed by atoms with Crippen molar-refractivity contribution in [3.05, 3.63) is 53.9 Å². The normalized spacial score (nSPS) is 10.6. The fraction of sp³-hybridized carbons (Fsp3) is 0.143. The van der Waals surface area contributed by atoms with Crippen LogP contribution in [0.1, 0.15) is 23.0 Å². The Labute approximate surface area is 111 Å². The van der Waals surface area contributed by atoms with Crippen molar-refractivity contribution in [2.24, 2.45) is 5.10 Å². The smallest absolute Gasteiger partial charge is 0.271 e. The van der Waals surface area contributed by atoms with Gasteiger partial charge in [-0.25, -0.2) is 5.43 Å². The lowest BCUT2D eigenvalue weighted by atomic mass is 10.2.